The molecule has 0 aliphatic rings. The molecule has 2 aromatic rings. The van der Waals surface area contributed by atoms with Gasteiger partial charge in [0.1, 0.15) is 5.75 Å². The number of nitrogens with one attached hydrogen (secondary N) is 1. The fourth-order valence-corrected chi connectivity index (χ4v) is 2.55. The van der Waals surface area contributed by atoms with Gasteiger partial charge in [0.15, 0.2) is 6.61 Å². The molecule has 2 aromatic carbocycles. The molecule has 0 aliphatic heterocycles. The second-order valence-electron chi connectivity index (χ2n) is 6.77. The average molecular weight is 403 g/mol. The summed E-state index contributed by atoms with van der Waals surface area (Å²) in [6.07, 6.45) is 0. The first kappa shape index (κ1) is 19.2. The topological polar surface area (TPSA) is 50.7 Å². The van der Waals surface area contributed by atoms with Crippen LogP contribution >= 0.6 is 15.9 Å². The third-order valence-corrected chi connectivity index (χ3v) is 4.19. The maximum atomic E-state index is 12.0. The number of hydrazone groups is 1. The Morgan fingerprint density at radius 1 is 1.12 bits per heavy atom. The molecule has 0 aromatic heterocycles. The number of carbonyl (C=O) groups is 1. The van der Waals surface area contributed by atoms with Gasteiger partial charge in [-0.05, 0) is 41.7 Å². The van der Waals surface area contributed by atoms with E-state index in [1.54, 1.807) is 0 Å². The molecule has 0 fully saturated rings. The van der Waals surface area contributed by atoms with Crippen molar-refractivity contribution in [1.82, 2.24) is 5.43 Å². The van der Waals surface area contributed by atoms with E-state index in [9.17, 15) is 4.79 Å². The summed E-state index contributed by atoms with van der Waals surface area (Å²) < 4.78 is 6.69. The lowest BCUT2D eigenvalue weighted by atomic mass is 9.86. The quantitative estimate of drug-likeness (QED) is 0.583. The van der Waals surface area contributed by atoms with Crippen LogP contribution in [0.3, 0.4) is 0 Å². The average Bonchev–Trinajstić information content (AvgIpc) is 2.58. The molecule has 0 aliphatic carbocycles. The van der Waals surface area contributed by atoms with Gasteiger partial charge in [-0.3, -0.25) is 4.79 Å². The number of halogens is 1. The Balaban J connectivity index is 1.95. The number of amides is 1. The third kappa shape index (κ3) is 5.71. The maximum Gasteiger partial charge on any atom is 0.277 e. The number of hydrogen-bond donors (Lipinski definition) is 1. The molecule has 0 bridgehead atoms. The number of nitrogens with zero attached hydrogens (tertiary/aromatic N) is 1. The zero-order chi connectivity index (χ0) is 18.4. The summed E-state index contributed by atoms with van der Waals surface area (Å²) in [4.78, 5) is 12.0. The van der Waals surface area contributed by atoms with Crippen molar-refractivity contribution in [3.63, 3.8) is 0 Å². The van der Waals surface area contributed by atoms with E-state index < -0.39 is 0 Å². The van der Waals surface area contributed by atoms with Crippen LogP contribution in [-0.2, 0) is 10.2 Å². The fourth-order valence-electron chi connectivity index (χ4n) is 2.29. The molecule has 0 unspecified atom stereocenters. The zero-order valence-corrected chi connectivity index (χ0v) is 16.6. The van der Waals surface area contributed by atoms with Crippen LogP contribution in [0.4, 0.5) is 0 Å². The summed E-state index contributed by atoms with van der Waals surface area (Å²) in [5.74, 6) is 0.430. The first-order valence-electron chi connectivity index (χ1n) is 8.09. The van der Waals surface area contributed by atoms with E-state index in [2.05, 4.69) is 47.2 Å². The summed E-state index contributed by atoms with van der Waals surface area (Å²) in [6, 6.07) is 15.5. The summed E-state index contributed by atoms with van der Waals surface area (Å²) >= 11 is 3.39. The molecule has 132 valence electrons. The lowest BCUT2D eigenvalue weighted by Crippen LogP contribution is -2.26. The van der Waals surface area contributed by atoms with Crippen LogP contribution in [0.1, 0.15) is 38.8 Å². The molecule has 1 amide bonds. The Morgan fingerprint density at radius 3 is 2.40 bits per heavy atom. The van der Waals surface area contributed by atoms with Crippen molar-refractivity contribution in [3.05, 3.63) is 64.1 Å². The van der Waals surface area contributed by atoms with Crippen molar-refractivity contribution >= 4 is 27.5 Å². The van der Waals surface area contributed by atoms with E-state index in [4.69, 9.17) is 4.74 Å². The Kier molecular flexibility index (Phi) is 6.37. The molecule has 0 saturated carbocycles. The van der Waals surface area contributed by atoms with Gasteiger partial charge < -0.3 is 4.74 Å². The van der Waals surface area contributed by atoms with Crippen molar-refractivity contribution in [2.75, 3.05) is 6.61 Å². The molecule has 0 saturated heterocycles. The minimum absolute atomic E-state index is 0.0522. The minimum Gasteiger partial charge on any atom is -0.483 e. The first-order valence-corrected chi connectivity index (χ1v) is 8.88. The van der Waals surface area contributed by atoms with Gasteiger partial charge in [0.25, 0.3) is 5.91 Å². The highest BCUT2D eigenvalue weighted by atomic mass is 79.9. The number of rotatable bonds is 5. The lowest BCUT2D eigenvalue weighted by Gasteiger charge is -2.22. The fraction of sp³-hybridized carbons (Fsp3) is 0.300. The first-order chi connectivity index (χ1) is 11.8. The Morgan fingerprint density at radius 2 is 1.76 bits per heavy atom. The highest BCUT2D eigenvalue weighted by molar-refractivity contribution is 9.10. The van der Waals surface area contributed by atoms with Crippen LogP contribution < -0.4 is 10.2 Å². The Hall–Kier alpha value is -2.14. The predicted octanol–water partition coefficient (Wildman–Crippen LogP) is 4.67. The van der Waals surface area contributed by atoms with Gasteiger partial charge in [0.2, 0.25) is 0 Å². The van der Waals surface area contributed by atoms with Crippen LogP contribution in [0, 0.1) is 0 Å². The van der Waals surface area contributed by atoms with Crippen molar-refractivity contribution < 1.29 is 9.53 Å². The zero-order valence-electron chi connectivity index (χ0n) is 15.0. The molecular weight excluding hydrogens is 380 g/mol. The van der Waals surface area contributed by atoms with E-state index in [0.717, 1.165) is 27.1 Å². The van der Waals surface area contributed by atoms with E-state index in [1.165, 1.54) is 0 Å². The van der Waals surface area contributed by atoms with Gasteiger partial charge in [-0.1, -0.05) is 67.0 Å². The molecule has 0 spiro atoms. The summed E-state index contributed by atoms with van der Waals surface area (Å²) in [7, 11) is 0. The Labute approximate surface area is 157 Å². The standard InChI is InChI=1S/C20H23BrN2O2/c1-14(15-9-11-16(21)12-10-15)22-23-19(24)13-25-18-8-6-5-7-17(18)20(2,3)4/h5-12H,13H2,1-4H3,(H,23,24)/b22-14-. The molecule has 2 rings (SSSR count). The monoisotopic (exact) mass is 402 g/mol. The van der Waals surface area contributed by atoms with Crippen molar-refractivity contribution in [1.29, 1.82) is 0 Å². The van der Waals surface area contributed by atoms with Gasteiger partial charge >= 0.3 is 0 Å². The molecular formula is C20H23BrN2O2. The number of hydrogen-bond acceptors (Lipinski definition) is 3. The van der Waals surface area contributed by atoms with Gasteiger partial charge in [0, 0.05) is 4.47 Å². The van der Waals surface area contributed by atoms with Crippen LogP contribution in [0.2, 0.25) is 0 Å². The molecule has 1 N–H and O–H groups in total. The van der Waals surface area contributed by atoms with E-state index in [-0.39, 0.29) is 17.9 Å². The van der Waals surface area contributed by atoms with Crippen molar-refractivity contribution in [2.45, 2.75) is 33.1 Å². The van der Waals surface area contributed by atoms with E-state index in [0.29, 0.717) is 0 Å². The van der Waals surface area contributed by atoms with Gasteiger partial charge in [0.05, 0.1) is 5.71 Å². The molecule has 4 nitrogen and oxygen atoms in total. The normalized spacial score (nSPS) is 12.0. The number of ether oxygens (including phenoxy) is 1. The van der Waals surface area contributed by atoms with Crippen LogP contribution in [0.5, 0.6) is 5.75 Å². The SMILES string of the molecule is C/C(=N/NC(=O)COc1ccccc1C(C)(C)C)c1ccc(Br)cc1. The second-order valence-corrected chi connectivity index (χ2v) is 7.69. The molecule has 0 radical (unpaired) electrons. The predicted molar refractivity (Wildman–Crippen MR) is 105 cm³/mol. The van der Waals surface area contributed by atoms with Crippen LogP contribution in [0.15, 0.2) is 58.1 Å². The molecule has 5 heteroatoms. The van der Waals surface area contributed by atoms with E-state index >= 15 is 0 Å². The van der Waals surface area contributed by atoms with Crippen molar-refractivity contribution in [2.24, 2.45) is 5.10 Å². The van der Waals surface area contributed by atoms with Crippen LogP contribution in [-0.4, -0.2) is 18.2 Å². The summed E-state index contributed by atoms with van der Waals surface area (Å²) in [5.41, 5.74) is 5.23. The summed E-state index contributed by atoms with van der Waals surface area (Å²) in [5, 5.41) is 4.13. The Bertz CT molecular complexity index is 762. The highest BCUT2D eigenvalue weighted by Gasteiger charge is 2.18. The number of benzene rings is 2. The molecule has 0 atom stereocenters. The smallest absolute Gasteiger partial charge is 0.277 e. The molecule has 25 heavy (non-hydrogen) atoms. The number of para-hydroxylation sites is 1. The van der Waals surface area contributed by atoms with Gasteiger partial charge in [-0.25, -0.2) is 5.43 Å². The maximum absolute atomic E-state index is 12.0. The largest absolute Gasteiger partial charge is 0.483 e. The van der Waals surface area contributed by atoms with E-state index in [1.807, 2.05) is 55.5 Å². The van der Waals surface area contributed by atoms with Crippen LogP contribution in [0.25, 0.3) is 0 Å². The summed E-state index contributed by atoms with van der Waals surface area (Å²) in [6.45, 7) is 8.10. The van der Waals surface area contributed by atoms with Gasteiger partial charge in [-0.15, -0.1) is 0 Å². The number of carbonyl (C=O) groups excluding carboxylic acids is 1. The third-order valence-electron chi connectivity index (χ3n) is 3.66. The van der Waals surface area contributed by atoms with Crippen molar-refractivity contribution in [3.8, 4) is 5.75 Å². The highest BCUT2D eigenvalue weighted by Crippen LogP contribution is 2.30. The second kappa shape index (κ2) is 8.30. The molecule has 0 heterocycles. The minimum atomic E-state index is -0.292. The lowest BCUT2D eigenvalue weighted by molar-refractivity contribution is -0.123. The van der Waals surface area contributed by atoms with Gasteiger partial charge in [-0.2, -0.15) is 5.10 Å².